The van der Waals surface area contributed by atoms with Gasteiger partial charge in [-0.05, 0) is 128 Å². The van der Waals surface area contributed by atoms with Crippen LogP contribution in [0.4, 0.5) is 0 Å². The third-order valence-electron chi connectivity index (χ3n) is 14.5. The van der Waals surface area contributed by atoms with Crippen molar-refractivity contribution in [3.05, 3.63) is 12.2 Å². The van der Waals surface area contributed by atoms with E-state index < -0.39 is 11.4 Å². The Kier molecular flexibility index (Phi) is 5.40. The molecule has 0 aliphatic heterocycles. The van der Waals surface area contributed by atoms with E-state index in [-0.39, 0.29) is 17.3 Å². The summed E-state index contributed by atoms with van der Waals surface area (Å²) < 4.78 is 0. The van der Waals surface area contributed by atoms with Gasteiger partial charge in [0.25, 0.3) is 0 Å². The zero-order chi connectivity index (χ0) is 25.1. The maximum absolute atomic E-state index is 13.0. The zero-order valence-corrected chi connectivity index (χ0v) is 23.5. The fourth-order valence-corrected chi connectivity index (χ4v) is 12.1. The Morgan fingerprint density at radius 2 is 1.50 bits per heavy atom. The molecule has 0 heterocycles. The maximum Gasteiger partial charge on any atom is 0.310 e. The molecule has 0 radical (unpaired) electrons. The topological polar surface area (TPSA) is 37.3 Å². The van der Waals surface area contributed by atoms with Gasteiger partial charge in [0.15, 0.2) is 0 Å². The fourth-order valence-electron chi connectivity index (χ4n) is 12.1. The van der Waals surface area contributed by atoms with Gasteiger partial charge in [0.05, 0.1) is 5.41 Å². The first-order valence-electron chi connectivity index (χ1n) is 14.6. The van der Waals surface area contributed by atoms with Crippen LogP contribution in [0.1, 0.15) is 113 Å². The van der Waals surface area contributed by atoms with Crippen LogP contribution in [0, 0.1) is 68.5 Å². The highest BCUT2D eigenvalue weighted by Gasteiger charge is 2.72. The van der Waals surface area contributed by atoms with Gasteiger partial charge in [-0.2, -0.15) is 0 Å². The van der Waals surface area contributed by atoms with Gasteiger partial charge in [0, 0.05) is 0 Å². The Morgan fingerprint density at radius 3 is 2.12 bits per heavy atom. The van der Waals surface area contributed by atoms with Gasteiger partial charge in [-0.3, -0.25) is 4.79 Å². The molecule has 5 saturated carbocycles. The van der Waals surface area contributed by atoms with Crippen LogP contribution < -0.4 is 0 Å². The van der Waals surface area contributed by atoms with E-state index in [0.717, 1.165) is 37.0 Å². The molecular weight excluding hydrogens is 416 g/mol. The van der Waals surface area contributed by atoms with Crippen LogP contribution in [0.25, 0.3) is 0 Å². The Bertz CT molecular complexity index is 887. The van der Waals surface area contributed by atoms with Gasteiger partial charge in [0.1, 0.15) is 0 Å². The fraction of sp³-hybridized carbons (Fsp3) is 0.906. The van der Waals surface area contributed by atoms with Crippen molar-refractivity contribution in [1.29, 1.82) is 0 Å². The molecule has 1 N–H and O–H groups in total. The monoisotopic (exact) mass is 468 g/mol. The van der Waals surface area contributed by atoms with E-state index in [1.54, 1.807) is 0 Å². The lowest BCUT2D eigenvalue weighted by Gasteiger charge is -2.73. The van der Waals surface area contributed by atoms with E-state index in [2.05, 4.69) is 62.0 Å². The first-order valence-corrected chi connectivity index (χ1v) is 14.6. The van der Waals surface area contributed by atoms with E-state index in [9.17, 15) is 9.90 Å². The summed E-state index contributed by atoms with van der Waals surface area (Å²) in [5.41, 5.74) is 2.08. The Labute approximate surface area is 209 Å². The normalized spacial score (nSPS) is 55.9. The minimum atomic E-state index is -0.541. The first-order chi connectivity index (χ1) is 15.7. The summed E-state index contributed by atoms with van der Waals surface area (Å²) in [5.74, 6) is 3.29. The Balaban J connectivity index is 1.58. The molecule has 192 valence electrons. The van der Waals surface area contributed by atoms with Gasteiger partial charge < -0.3 is 5.11 Å². The molecule has 0 aromatic rings. The lowest BCUT2D eigenvalue weighted by molar-refractivity contribution is -0.244. The number of carboxylic acid groups (broad SMARTS) is 1. The quantitative estimate of drug-likeness (QED) is 0.412. The van der Waals surface area contributed by atoms with E-state index in [1.165, 1.54) is 44.1 Å². The third-order valence-corrected chi connectivity index (χ3v) is 14.5. The lowest BCUT2D eigenvalue weighted by atomic mass is 9.32. The molecule has 5 aliphatic rings. The molecule has 0 spiro atoms. The molecule has 0 saturated heterocycles. The van der Waals surface area contributed by atoms with Crippen LogP contribution in [-0.4, -0.2) is 11.1 Å². The molecule has 0 amide bonds. The Hall–Kier alpha value is -0.790. The number of aliphatic carboxylic acids is 1. The average Bonchev–Trinajstić information content (AvgIpc) is 3.05. The molecule has 4 unspecified atom stereocenters. The highest BCUT2D eigenvalue weighted by Crippen LogP contribution is 2.78. The van der Waals surface area contributed by atoms with E-state index >= 15 is 0 Å². The molecule has 2 nitrogen and oxygen atoms in total. The maximum atomic E-state index is 13.0. The van der Waals surface area contributed by atoms with Crippen LogP contribution in [0.5, 0.6) is 0 Å². The smallest absolute Gasteiger partial charge is 0.310 e. The van der Waals surface area contributed by atoms with Crippen molar-refractivity contribution in [3.63, 3.8) is 0 Å². The summed E-state index contributed by atoms with van der Waals surface area (Å²) in [6.07, 6.45) is 11.0. The minimum absolute atomic E-state index is 0.235. The summed E-state index contributed by atoms with van der Waals surface area (Å²) in [6.45, 7) is 24.4. The predicted octanol–water partition coefficient (Wildman–Crippen LogP) is 8.61. The summed E-state index contributed by atoms with van der Waals surface area (Å²) in [5, 5.41) is 10.7. The SMILES string of the molecule is C=C(C)[C@@H]1CC(C)[C@]2(C(=O)O)CC[C@]3(C)C(CC[C@@H]4[C@@]5(C)CC[C@H](C)C(C)(C)C5CC[C@]43C)C12. The molecule has 34 heavy (non-hydrogen) atoms. The van der Waals surface area contributed by atoms with Gasteiger partial charge in [0.2, 0.25) is 0 Å². The van der Waals surface area contributed by atoms with Crippen molar-refractivity contribution in [2.75, 3.05) is 0 Å². The largest absolute Gasteiger partial charge is 0.481 e. The summed E-state index contributed by atoms with van der Waals surface area (Å²) >= 11 is 0. The van der Waals surface area contributed by atoms with Crippen molar-refractivity contribution < 1.29 is 9.90 Å². The molecule has 5 aliphatic carbocycles. The van der Waals surface area contributed by atoms with Gasteiger partial charge in [-0.15, -0.1) is 0 Å². The van der Waals surface area contributed by atoms with Crippen molar-refractivity contribution in [3.8, 4) is 0 Å². The second kappa shape index (κ2) is 7.38. The molecule has 5 fully saturated rings. The third kappa shape index (κ3) is 2.73. The van der Waals surface area contributed by atoms with Crippen molar-refractivity contribution in [2.24, 2.45) is 68.5 Å². The van der Waals surface area contributed by atoms with Crippen LogP contribution in [-0.2, 0) is 4.79 Å². The number of hydrogen-bond acceptors (Lipinski definition) is 1. The molecule has 2 heteroatoms. The zero-order valence-electron chi connectivity index (χ0n) is 23.5. The average molecular weight is 469 g/mol. The second-order valence-corrected chi connectivity index (χ2v) is 15.4. The number of fused-ring (bicyclic) bond motifs is 7. The molecule has 0 aromatic carbocycles. The highest BCUT2D eigenvalue weighted by molar-refractivity contribution is 5.76. The standard InChI is InChI=1S/C32H52O2/c1-19(2)22-18-21(4)32(27(33)34)17-16-30(8)23(26(22)32)10-11-25-29(7)14-12-20(3)28(5,6)24(29)13-15-31(25,30)9/h20-26H,1,10-18H2,2-9H3,(H,33,34)/t20-,21?,22-,23?,24?,25+,26?,29-,30+,31+,32+/m0/s1. The van der Waals surface area contributed by atoms with Gasteiger partial charge >= 0.3 is 5.97 Å². The summed E-state index contributed by atoms with van der Waals surface area (Å²) in [4.78, 5) is 13.0. The van der Waals surface area contributed by atoms with Crippen LogP contribution in [0.3, 0.4) is 0 Å². The van der Waals surface area contributed by atoms with Crippen molar-refractivity contribution in [1.82, 2.24) is 0 Å². The number of rotatable bonds is 2. The van der Waals surface area contributed by atoms with Crippen molar-refractivity contribution in [2.45, 2.75) is 113 Å². The highest BCUT2D eigenvalue weighted by atomic mass is 16.4. The number of allylic oxidation sites excluding steroid dienone is 1. The second-order valence-electron chi connectivity index (χ2n) is 15.4. The van der Waals surface area contributed by atoms with Crippen molar-refractivity contribution >= 4 is 5.97 Å². The summed E-state index contributed by atoms with van der Waals surface area (Å²) in [7, 11) is 0. The molecule has 0 bridgehead atoms. The van der Waals surface area contributed by atoms with E-state index in [0.29, 0.717) is 28.1 Å². The minimum Gasteiger partial charge on any atom is -0.481 e. The lowest BCUT2D eigenvalue weighted by Crippen LogP contribution is -2.66. The van der Waals surface area contributed by atoms with Crippen LogP contribution in [0.2, 0.25) is 0 Å². The number of carbonyl (C=O) groups is 1. The van der Waals surface area contributed by atoms with Crippen LogP contribution >= 0.6 is 0 Å². The number of hydrogen-bond donors (Lipinski definition) is 1. The van der Waals surface area contributed by atoms with E-state index in [4.69, 9.17) is 0 Å². The summed E-state index contributed by atoms with van der Waals surface area (Å²) in [6, 6.07) is 0. The molecule has 5 rings (SSSR count). The molecular formula is C32H52O2. The Morgan fingerprint density at radius 1 is 0.824 bits per heavy atom. The molecule has 0 aromatic heterocycles. The number of carboxylic acids is 1. The van der Waals surface area contributed by atoms with Gasteiger partial charge in [-0.1, -0.05) is 60.6 Å². The predicted molar refractivity (Wildman–Crippen MR) is 140 cm³/mol. The molecule has 11 atom stereocenters. The van der Waals surface area contributed by atoms with Gasteiger partial charge in [-0.25, -0.2) is 0 Å². The first kappa shape index (κ1) is 24.9. The van der Waals surface area contributed by atoms with E-state index in [1.807, 2.05) is 0 Å². The van der Waals surface area contributed by atoms with Crippen LogP contribution in [0.15, 0.2) is 12.2 Å².